The number of hydrogen-bond donors (Lipinski definition) is 0. The summed E-state index contributed by atoms with van der Waals surface area (Å²) in [5.41, 5.74) is 1.45. The summed E-state index contributed by atoms with van der Waals surface area (Å²) in [7, 11) is 9.90. The molecular weight excluding hydrogens is 262 g/mol. The van der Waals surface area contributed by atoms with Gasteiger partial charge < -0.3 is 14.5 Å². The quantitative estimate of drug-likeness (QED) is 0.630. The zero-order chi connectivity index (χ0) is 15.5. The van der Waals surface area contributed by atoms with Crippen LogP contribution in [0, 0.1) is 0 Å². The molecule has 0 saturated heterocycles. The first-order valence-corrected chi connectivity index (χ1v) is 7.53. The van der Waals surface area contributed by atoms with E-state index in [9.17, 15) is 0 Å². The number of hydrogen-bond acceptors (Lipinski definition) is 2. The van der Waals surface area contributed by atoms with E-state index >= 15 is 0 Å². The van der Waals surface area contributed by atoms with E-state index in [2.05, 4.69) is 28.0 Å². The van der Waals surface area contributed by atoms with Crippen molar-refractivity contribution in [2.24, 2.45) is 4.99 Å². The Morgan fingerprint density at radius 3 is 2.24 bits per heavy atom. The third kappa shape index (κ3) is 3.14. The highest BCUT2D eigenvalue weighted by Gasteiger charge is 2.40. The molecule has 0 radical (unpaired) electrons. The number of guanidine groups is 1. The summed E-state index contributed by atoms with van der Waals surface area (Å²) in [6.45, 7) is 0.819. The van der Waals surface area contributed by atoms with Crippen LogP contribution in [0.4, 0.5) is 0 Å². The van der Waals surface area contributed by atoms with E-state index in [4.69, 9.17) is 9.73 Å². The van der Waals surface area contributed by atoms with Crippen molar-refractivity contribution in [2.75, 3.05) is 41.8 Å². The van der Waals surface area contributed by atoms with Crippen molar-refractivity contribution in [1.82, 2.24) is 9.80 Å². The van der Waals surface area contributed by atoms with Gasteiger partial charge in [-0.15, -0.1) is 0 Å². The highest BCUT2D eigenvalue weighted by atomic mass is 16.5. The Hall–Kier alpha value is -1.71. The largest absolute Gasteiger partial charge is 0.496 e. The van der Waals surface area contributed by atoms with Gasteiger partial charge in [-0.3, -0.25) is 4.99 Å². The molecule has 1 fully saturated rings. The van der Waals surface area contributed by atoms with Crippen LogP contribution in [0.1, 0.15) is 24.8 Å². The Bertz CT molecular complexity index is 495. The van der Waals surface area contributed by atoms with E-state index in [0.717, 1.165) is 18.3 Å². The number of aliphatic imine (C=N–C) groups is 1. The summed E-state index contributed by atoms with van der Waals surface area (Å²) in [4.78, 5) is 9.01. The number of para-hydroxylation sites is 1. The molecule has 1 aliphatic carbocycles. The first-order valence-electron chi connectivity index (χ1n) is 7.53. The van der Waals surface area contributed by atoms with Crippen molar-refractivity contribution in [2.45, 2.75) is 24.7 Å². The number of nitrogens with zero attached hydrogens (tertiary/aromatic N) is 3. The predicted octanol–water partition coefficient (Wildman–Crippen LogP) is 2.60. The zero-order valence-corrected chi connectivity index (χ0v) is 13.9. The van der Waals surface area contributed by atoms with E-state index in [1.165, 1.54) is 24.8 Å². The lowest BCUT2D eigenvalue weighted by atomic mass is 9.64. The highest BCUT2D eigenvalue weighted by molar-refractivity contribution is 5.79. The smallest absolute Gasteiger partial charge is 0.195 e. The standard InChI is InChI=1S/C17H27N3O/c1-19(2)16(20(3)4)18-13-17(11-8-12-17)14-9-6-7-10-15(14)21-5/h6-7,9-10H,8,11-13H2,1-5H3. The molecule has 4 nitrogen and oxygen atoms in total. The second-order valence-electron chi connectivity index (χ2n) is 6.24. The highest BCUT2D eigenvalue weighted by Crippen LogP contribution is 2.47. The molecule has 0 aromatic heterocycles. The molecule has 1 saturated carbocycles. The van der Waals surface area contributed by atoms with Crippen molar-refractivity contribution < 1.29 is 4.74 Å². The molecule has 0 N–H and O–H groups in total. The molecule has 4 heteroatoms. The van der Waals surface area contributed by atoms with Crippen LogP contribution in [0.3, 0.4) is 0 Å². The third-order valence-electron chi connectivity index (χ3n) is 4.31. The molecule has 0 unspecified atom stereocenters. The maximum absolute atomic E-state index is 5.56. The van der Waals surface area contributed by atoms with Crippen LogP contribution in [0.25, 0.3) is 0 Å². The lowest BCUT2D eigenvalue weighted by Gasteiger charge is -2.42. The lowest BCUT2D eigenvalue weighted by Crippen LogP contribution is -2.41. The van der Waals surface area contributed by atoms with Crippen molar-refractivity contribution in [1.29, 1.82) is 0 Å². The summed E-state index contributed by atoms with van der Waals surface area (Å²) in [6.07, 6.45) is 3.64. The molecule has 0 amide bonds. The molecule has 0 spiro atoms. The second-order valence-corrected chi connectivity index (χ2v) is 6.24. The Balaban J connectivity index is 2.28. The van der Waals surface area contributed by atoms with Crippen LogP contribution in [0.15, 0.2) is 29.3 Å². The van der Waals surface area contributed by atoms with Crippen LogP contribution < -0.4 is 4.74 Å². The molecule has 1 aromatic carbocycles. The summed E-state index contributed by atoms with van der Waals surface area (Å²) in [5.74, 6) is 2.00. The maximum atomic E-state index is 5.56. The first kappa shape index (κ1) is 15.7. The SMILES string of the molecule is COc1ccccc1C1(CN=C(N(C)C)N(C)C)CCC1. The van der Waals surface area contributed by atoms with Gasteiger partial charge in [-0.25, -0.2) is 0 Å². The second kappa shape index (κ2) is 6.37. The normalized spacial score (nSPS) is 15.9. The number of methoxy groups -OCH3 is 1. The molecule has 0 bridgehead atoms. The van der Waals surface area contributed by atoms with Gasteiger partial charge in [0.15, 0.2) is 5.96 Å². The number of rotatable bonds is 4. The first-order chi connectivity index (χ1) is 10.00. The van der Waals surface area contributed by atoms with Gasteiger partial charge in [-0.05, 0) is 18.9 Å². The molecule has 0 atom stereocenters. The summed E-state index contributed by atoms with van der Waals surface area (Å²) >= 11 is 0. The molecule has 0 aliphatic heterocycles. The average molecular weight is 289 g/mol. The monoisotopic (exact) mass is 289 g/mol. The minimum atomic E-state index is 0.143. The van der Waals surface area contributed by atoms with Crippen LogP contribution in [0.2, 0.25) is 0 Å². The van der Waals surface area contributed by atoms with Crippen molar-refractivity contribution in [3.63, 3.8) is 0 Å². The maximum Gasteiger partial charge on any atom is 0.195 e. The van der Waals surface area contributed by atoms with Crippen molar-refractivity contribution >= 4 is 5.96 Å². The summed E-state index contributed by atoms with van der Waals surface area (Å²) in [6, 6.07) is 8.37. The average Bonchev–Trinajstić information content (AvgIpc) is 2.41. The van der Waals surface area contributed by atoms with E-state index < -0.39 is 0 Å². The minimum Gasteiger partial charge on any atom is -0.496 e. The molecule has 1 aliphatic rings. The van der Waals surface area contributed by atoms with Crippen molar-refractivity contribution in [3.05, 3.63) is 29.8 Å². The zero-order valence-electron chi connectivity index (χ0n) is 13.9. The molecule has 116 valence electrons. The van der Waals surface area contributed by atoms with Gasteiger partial charge in [0.2, 0.25) is 0 Å². The predicted molar refractivity (Wildman–Crippen MR) is 88.2 cm³/mol. The van der Waals surface area contributed by atoms with E-state index in [1.54, 1.807) is 7.11 Å². The molecule has 21 heavy (non-hydrogen) atoms. The van der Waals surface area contributed by atoms with Crippen LogP contribution in [-0.4, -0.2) is 57.6 Å². The Morgan fingerprint density at radius 2 is 1.76 bits per heavy atom. The minimum absolute atomic E-state index is 0.143. The fourth-order valence-electron chi connectivity index (χ4n) is 3.10. The van der Waals surface area contributed by atoms with Gasteiger partial charge in [0.05, 0.1) is 13.7 Å². The van der Waals surface area contributed by atoms with Gasteiger partial charge in [-0.2, -0.15) is 0 Å². The van der Waals surface area contributed by atoms with Gasteiger partial charge in [0.1, 0.15) is 5.75 Å². The third-order valence-corrected chi connectivity index (χ3v) is 4.31. The number of ether oxygens (including phenoxy) is 1. The van der Waals surface area contributed by atoms with E-state index in [0.29, 0.717) is 0 Å². The van der Waals surface area contributed by atoms with Gasteiger partial charge in [-0.1, -0.05) is 24.6 Å². The lowest BCUT2D eigenvalue weighted by molar-refractivity contribution is 0.242. The molecule has 2 rings (SSSR count). The van der Waals surface area contributed by atoms with Crippen LogP contribution in [-0.2, 0) is 5.41 Å². The van der Waals surface area contributed by atoms with Gasteiger partial charge in [0, 0.05) is 39.2 Å². The Morgan fingerprint density at radius 1 is 1.14 bits per heavy atom. The van der Waals surface area contributed by atoms with Crippen LogP contribution >= 0.6 is 0 Å². The molecule has 0 heterocycles. The Kier molecular flexibility index (Phi) is 4.76. The fourth-order valence-corrected chi connectivity index (χ4v) is 3.10. The van der Waals surface area contributed by atoms with Gasteiger partial charge >= 0.3 is 0 Å². The molecule has 1 aromatic rings. The molecular formula is C17H27N3O. The van der Waals surface area contributed by atoms with Gasteiger partial charge in [0.25, 0.3) is 0 Å². The van der Waals surface area contributed by atoms with Crippen molar-refractivity contribution in [3.8, 4) is 5.75 Å². The topological polar surface area (TPSA) is 28.1 Å². The Labute approximate surface area is 128 Å². The number of benzene rings is 1. The summed E-state index contributed by atoms with van der Waals surface area (Å²) < 4.78 is 5.56. The van der Waals surface area contributed by atoms with E-state index in [-0.39, 0.29) is 5.41 Å². The van der Waals surface area contributed by atoms with Crippen LogP contribution in [0.5, 0.6) is 5.75 Å². The summed E-state index contributed by atoms with van der Waals surface area (Å²) in [5, 5.41) is 0. The van der Waals surface area contributed by atoms with E-state index in [1.807, 2.05) is 34.3 Å². The fraction of sp³-hybridized carbons (Fsp3) is 0.588.